The SMILES string of the molecule is CS(=O)(=O)N1CCN(C(=O)N2CC(c3ccc(Cl)c(Cl)c3)[C@H](COc3ccc(-n4ccnc4)cc3)C2)CC1. The highest BCUT2D eigenvalue weighted by Crippen LogP contribution is 2.36. The zero-order valence-electron chi connectivity index (χ0n) is 20.9. The molecule has 0 aliphatic carbocycles. The highest BCUT2D eigenvalue weighted by molar-refractivity contribution is 7.88. The summed E-state index contributed by atoms with van der Waals surface area (Å²) in [4.78, 5) is 21.1. The molecule has 0 spiro atoms. The van der Waals surface area contributed by atoms with Crippen molar-refractivity contribution in [3.05, 3.63) is 76.8 Å². The second-order valence-corrected chi connectivity index (χ2v) is 12.4. The molecule has 12 heteroatoms. The van der Waals surface area contributed by atoms with E-state index >= 15 is 0 Å². The minimum Gasteiger partial charge on any atom is -0.493 e. The Hall–Kier alpha value is -2.79. The van der Waals surface area contributed by atoms with Crippen molar-refractivity contribution in [2.24, 2.45) is 5.92 Å². The number of nitrogens with zero attached hydrogens (tertiary/aromatic N) is 5. The van der Waals surface area contributed by atoms with Crippen molar-refractivity contribution in [3.63, 3.8) is 0 Å². The number of imidazole rings is 1. The maximum absolute atomic E-state index is 13.4. The highest BCUT2D eigenvalue weighted by Gasteiger charge is 2.39. The number of urea groups is 1. The summed E-state index contributed by atoms with van der Waals surface area (Å²) in [5.41, 5.74) is 1.98. The third-order valence-corrected chi connectivity index (χ3v) is 9.21. The topological polar surface area (TPSA) is 88.0 Å². The zero-order chi connectivity index (χ0) is 26.9. The summed E-state index contributed by atoms with van der Waals surface area (Å²) in [7, 11) is -3.27. The predicted molar refractivity (Wildman–Crippen MR) is 147 cm³/mol. The predicted octanol–water partition coefficient (Wildman–Crippen LogP) is 3.97. The van der Waals surface area contributed by atoms with Crippen LogP contribution in [0.25, 0.3) is 5.69 Å². The van der Waals surface area contributed by atoms with Crippen LogP contribution in [0, 0.1) is 5.92 Å². The molecule has 2 aliphatic heterocycles. The lowest BCUT2D eigenvalue weighted by atomic mass is 9.89. The normalized spacial score (nSPS) is 20.6. The zero-order valence-corrected chi connectivity index (χ0v) is 23.2. The van der Waals surface area contributed by atoms with Gasteiger partial charge in [0, 0.05) is 69.2 Å². The Morgan fingerprint density at radius 1 is 1.00 bits per heavy atom. The summed E-state index contributed by atoms with van der Waals surface area (Å²) in [5, 5.41) is 0.955. The van der Waals surface area contributed by atoms with Crippen LogP contribution in [-0.2, 0) is 10.0 Å². The van der Waals surface area contributed by atoms with Gasteiger partial charge < -0.3 is 19.1 Å². The van der Waals surface area contributed by atoms with Crippen molar-refractivity contribution in [3.8, 4) is 11.4 Å². The first-order valence-electron chi connectivity index (χ1n) is 12.3. The van der Waals surface area contributed by atoms with Crippen LogP contribution < -0.4 is 4.74 Å². The smallest absolute Gasteiger partial charge is 0.320 e. The lowest BCUT2D eigenvalue weighted by Crippen LogP contribution is -2.53. The van der Waals surface area contributed by atoms with Gasteiger partial charge in [-0.25, -0.2) is 18.2 Å². The van der Waals surface area contributed by atoms with Crippen molar-refractivity contribution >= 4 is 39.3 Å². The molecule has 0 N–H and O–H groups in total. The van der Waals surface area contributed by atoms with Crippen molar-refractivity contribution in [1.82, 2.24) is 23.7 Å². The number of hydrogen-bond acceptors (Lipinski definition) is 5. The molecule has 38 heavy (non-hydrogen) atoms. The number of carbonyl (C=O) groups excluding carboxylic acids is 1. The number of ether oxygens (including phenoxy) is 1. The Kier molecular flexibility index (Phi) is 7.85. The van der Waals surface area contributed by atoms with E-state index in [0.29, 0.717) is 55.9 Å². The van der Waals surface area contributed by atoms with Crippen molar-refractivity contribution in [1.29, 1.82) is 0 Å². The van der Waals surface area contributed by atoms with Crippen molar-refractivity contribution < 1.29 is 17.9 Å². The number of aromatic nitrogens is 2. The van der Waals surface area contributed by atoms with E-state index in [1.165, 1.54) is 10.6 Å². The van der Waals surface area contributed by atoms with Gasteiger partial charge in [-0.15, -0.1) is 0 Å². The molecule has 3 heterocycles. The minimum atomic E-state index is -3.27. The molecule has 1 unspecified atom stereocenters. The average Bonchev–Trinajstić information content (AvgIpc) is 3.59. The summed E-state index contributed by atoms with van der Waals surface area (Å²) in [6.07, 6.45) is 6.54. The number of sulfonamides is 1. The maximum Gasteiger partial charge on any atom is 0.320 e. The molecule has 2 atom stereocenters. The van der Waals surface area contributed by atoms with Gasteiger partial charge in [0.05, 0.1) is 29.2 Å². The van der Waals surface area contributed by atoms with E-state index < -0.39 is 10.0 Å². The van der Waals surface area contributed by atoms with Gasteiger partial charge in [-0.3, -0.25) is 0 Å². The highest BCUT2D eigenvalue weighted by atomic mass is 35.5. The van der Waals surface area contributed by atoms with E-state index in [-0.39, 0.29) is 17.9 Å². The number of hydrogen-bond donors (Lipinski definition) is 0. The van der Waals surface area contributed by atoms with Gasteiger partial charge in [0.1, 0.15) is 5.75 Å². The van der Waals surface area contributed by atoms with Crippen LogP contribution >= 0.6 is 23.2 Å². The molecule has 3 aromatic rings. The Bertz CT molecular complexity index is 1380. The van der Waals surface area contributed by atoms with Crippen LogP contribution in [0.5, 0.6) is 5.75 Å². The Labute approximate surface area is 232 Å². The number of benzene rings is 2. The first-order valence-corrected chi connectivity index (χ1v) is 14.9. The molecule has 2 saturated heterocycles. The standard InChI is InChI=1S/C26H29Cl2N5O4S/c1-38(35,36)33-12-10-30(11-13-33)26(34)32-15-20(23(16-32)19-2-7-24(27)25(28)14-19)17-37-22-5-3-21(4-6-22)31-9-8-29-18-31/h2-9,14,18,20,23H,10-13,15-17H2,1H3/t20-,23?/m0/s1. The van der Waals surface area contributed by atoms with Crippen molar-refractivity contribution in [2.45, 2.75) is 5.92 Å². The molecule has 2 aromatic carbocycles. The molecule has 2 aliphatic rings. The van der Waals surface area contributed by atoms with Gasteiger partial charge in [0.2, 0.25) is 10.0 Å². The van der Waals surface area contributed by atoms with Gasteiger partial charge in [-0.05, 0) is 42.0 Å². The summed E-state index contributed by atoms with van der Waals surface area (Å²) < 4.78 is 33.2. The Morgan fingerprint density at radius 3 is 2.37 bits per heavy atom. The monoisotopic (exact) mass is 577 g/mol. The summed E-state index contributed by atoms with van der Waals surface area (Å²) in [5.74, 6) is 0.779. The summed E-state index contributed by atoms with van der Waals surface area (Å²) in [6.45, 7) is 2.78. The van der Waals surface area contributed by atoms with Crippen LogP contribution in [0.15, 0.2) is 61.2 Å². The number of amides is 2. The van der Waals surface area contributed by atoms with Gasteiger partial charge in [-0.1, -0.05) is 29.3 Å². The second kappa shape index (κ2) is 11.1. The minimum absolute atomic E-state index is 0.0104. The molecule has 2 fully saturated rings. The van der Waals surface area contributed by atoms with E-state index in [0.717, 1.165) is 17.0 Å². The fourth-order valence-corrected chi connectivity index (χ4v) is 6.19. The molecule has 0 saturated carbocycles. The molecule has 0 bridgehead atoms. The van der Waals surface area contributed by atoms with Crippen LogP contribution in [0.2, 0.25) is 10.0 Å². The second-order valence-electron chi connectivity index (χ2n) is 9.65. The third kappa shape index (κ3) is 5.93. The lowest BCUT2D eigenvalue weighted by molar-refractivity contribution is 0.139. The van der Waals surface area contributed by atoms with Crippen LogP contribution in [0.4, 0.5) is 4.79 Å². The number of rotatable bonds is 6. The molecule has 0 radical (unpaired) electrons. The largest absolute Gasteiger partial charge is 0.493 e. The van der Waals surface area contributed by atoms with Gasteiger partial charge in [-0.2, -0.15) is 4.31 Å². The number of halogens is 2. The molecule has 5 rings (SSSR count). The fraction of sp³-hybridized carbons (Fsp3) is 0.385. The van der Waals surface area contributed by atoms with Crippen molar-refractivity contribution in [2.75, 3.05) is 52.1 Å². The van der Waals surface area contributed by atoms with E-state index in [9.17, 15) is 13.2 Å². The molecule has 1 aromatic heterocycles. The fourth-order valence-electron chi connectivity index (χ4n) is 5.06. The first kappa shape index (κ1) is 26.8. The Morgan fingerprint density at radius 2 is 1.74 bits per heavy atom. The van der Waals surface area contributed by atoms with E-state index in [1.807, 2.05) is 52.1 Å². The van der Waals surface area contributed by atoms with Crippen LogP contribution in [0.3, 0.4) is 0 Å². The first-order chi connectivity index (χ1) is 18.2. The Balaban J connectivity index is 1.28. The molecular formula is C26H29Cl2N5O4S. The van der Waals surface area contributed by atoms with E-state index in [4.69, 9.17) is 27.9 Å². The van der Waals surface area contributed by atoms with E-state index in [2.05, 4.69) is 4.98 Å². The maximum atomic E-state index is 13.4. The number of piperazine rings is 1. The number of carbonyl (C=O) groups is 1. The number of likely N-dealkylation sites (tertiary alicyclic amines) is 1. The third-order valence-electron chi connectivity index (χ3n) is 7.16. The van der Waals surface area contributed by atoms with Gasteiger partial charge in [0.15, 0.2) is 0 Å². The molecule has 9 nitrogen and oxygen atoms in total. The van der Waals surface area contributed by atoms with Crippen LogP contribution in [0.1, 0.15) is 11.5 Å². The molecule has 2 amide bonds. The molecule has 202 valence electrons. The quantitative estimate of drug-likeness (QED) is 0.442. The van der Waals surface area contributed by atoms with Crippen LogP contribution in [-0.4, -0.2) is 90.2 Å². The summed E-state index contributed by atoms with van der Waals surface area (Å²) >= 11 is 12.5. The molecular weight excluding hydrogens is 549 g/mol. The summed E-state index contributed by atoms with van der Waals surface area (Å²) in [6, 6.07) is 13.3. The van der Waals surface area contributed by atoms with E-state index in [1.54, 1.807) is 23.5 Å². The van der Waals surface area contributed by atoms with Gasteiger partial charge >= 0.3 is 6.03 Å². The average molecular weight is 579 g/mol. The lowest BCUT2D eigenvalue weighted by Gasteiger charge is -2.35. The van der Waals surface area contributed by atoms with Gasteiger partial charge in [0.25, 0.3) is 0 Å².